The molecule has 0 radical (unpaired) electrons. The average molecular weight is 249 g/mol. The molecule has 2 aromatic rings. The molecule has 0 aliphatic carbocycles. The Hall–Kier alpha value is -1.61. The number of nitrogens with one attached hydrogen (secondary N) is 1. The van der Waals surface area contributed by atoms with Gasteiger partial charge in [0.15, 0.2) is 0 Å². The van der Waals surface area contributed by atoms with E-state index in [1.165, 1.54) is 6.07 Å². The topological polar surface area (TPSA) is 45.8 Å². The minimum Gasteiger partial charge on any atom is -0.311 e. The minimum atomic E-state index is -0.140. The zero-order chi connectivity index (χ0) is 12.3. The molecule has 0 saturated carbocycles. The van der Waals surface area contributed by atoms with Crippen molar-refractivity contribution in [3.05, 3.63) is 51.5 Å². The smallest absolute Gasteiger partial charge is 0.251 e. The van der Waals surface area contributed by atoms with Gasteiger partial charge in [-0.05, 0) is 12.5 Å². The van der Waals surface area contributed by atoms with Crippen molar-refractivity contribution in [1.82, 2.24) is 9.97 Å². The maximum atomic E-state index is 11.5. The van der Waals surface area contributed by atoms with Crippen LogP contribution in [0, 0.1) is 0 Å². The number of halogens is 1. The van der Waals surface area contributed by atoms with E-state index in [0.717, 1.165) is 18.4 Å². The lowest BCUT2D eigenvalue weighted by atomic mass is 10.1. The number of aryl methyl sites for hydroxylation is 1. The maximum absolute atomic E-state index is 11.5. The molecule has 0 atom stereocenters. The van der Waals surface area contributed by atoms with E-state index in [1.807, 2.05) is 25.1 Å². The molecule has 0 saturated heterocycles. The summed E-state index contributed by atoms with van der Waals surface area (Å²) in [4.78, 5) is 18.7. The second-order valence-electron chi connectivity index (χ2n) is 3.81. The molecule has 0 aliphatic heterocycles. The van der Waals surface area contributed by atoms with Crippen molar-refractivity contribution in [2.45, 2.75) is 19.8 Å². The molecule has 4 heteroatoms. The maximum Gasteiger partial charge on any atom is 0.251 e. The third-order valence-electron chi connectivity index (χ3n) is 2.43. The summed E-state index contributed by atoms with van der Waals surface area (Å²) in [5.74, 6) is 0.704. The van der Waals surface area contributed by atoms with Crippen LogP contribution in [0.2, 0.25) is 5.02 Å². The van der Waals surface area contributed by atoms with Crippen LogP contribution in [-0.4, -0.2) is 9.97 Å². The minimum absolute atomic E-state index is 0.140. The van der Waals surface area contributed by atoms with Crippen molar-refractivity contribution < 1.29 is 0 Å². The molecule has 1 heterocycles. The summed E-state index contributed by atoms with van der Waals surface area (Å²) in [6.07, 6.45) is 1.70. The van der Waals surface area contributed by atoms with Crippen LogP contribution < -0.4 is 5.56 Å². The molecule has 0 amide bonds. The first-order chi connectivity index (χ1) is 8.20. The van der Waals surface area contributed by atoms with Crippen molar-refractivity contribution in [3.8, 4) is 11.3 Å². The Kier molecular flexibility index (Phi) is 3.59. The van der Waals surface area contributed by atoms with Gasteiger partial charge >= 0.3 is 0 Å². The van der Waals surface area contributed by atoms with Crippen LogP contribution in [-0.2, 0) is 6.42 Å². The molecule has 17 heavy (non-hydrogen) atoms. The monoisotopic (exact) mass is 248 g/mol. The predicted octanol–water partition coefficient (Wildman–Crippen LogP) is 3.04. The first-order valence-electron chi connectivity index (χ1n) is 5.56. The molecular formula is C13H13ClN2O. The van der Waals surface area contributed by atoms with Gasteiger partial charge in [-0.1, -0.05) is 36.7 Å². The van der Waals surface area contributed by atoms with E-state index in [1.54, 1.807) is 6.07 Å². The van der Waals surface area contributed by atoms with Crippen molar-refractivity contribution in [1.29, 1.82) is 0 Å². The van der Waals surface area contributed by atoms with Gasteiger partial charge in [-0.3, -0.25) is 4.79 Å². The Morgan fingerprint density at radius 2 is 2.12 bits per heavy atom. The van der Waals surface area contributed by atoms with Crippen molar-refractivity contribution in [2.24, 2.45) is 0 Å². The van der Waals surface area contributed by atoms with Gasteiger partial charge in [0.2, 0.25) is 0 Å². The first kappa shape index (κ1) is 11.9. The molecule has 88 valence electrons. The molecule has 3 nitrogen and oxygen atoms in total. The Labute approximate surface area is 104 Å². The largest absolute Gasteiger partial charge is 0.311 e. The van der Waals surface area contributed by atoms with E-state index < -0.39 is 0 Å². The lowest BCUT2D eigenvalue weighted by molar-refractivity contribution is 0.828. The number of aromatic nitrogens is 2. The van der Waals surface area contributed by atoms with Crippen LogP contribution in [0.15, 0.2) is 35.1 Å². The zero-order valence-corrected chi connectivity index (χ0v) is 10.3. The van der Waals surface area contributed by atoms with Crippen LogP contribution in [0.5, 0.6) is 0 Å². The Bertz CT molecular complexity index is 578. The second-order valence-corrected chi connectivity index (χ2v) is 4.21. The Morgan fingerprint density at radius 3 is 2.82 bits per heavy atom. The normalized spacial score (nSPS) is 10.5. The highest BCUT2D eigenvalue weighted by Crippen LogP contribution is 2.24. The summed E-state index contributed by atoms with van der Waals surface area (Å²) in [7, 11) is 0. The standard InChI is InChI=1S/C13H13ClN2O/c1-2-5-12-15-11(8-13(17)16-12)9-6-3-4-7-10(9)14/h3-4,6-8H,2,5H2,1H3,(H,15,16,17). The summed E-state index contributed by atoms with van der Waals surface area (Å²) in [6.45, 7) is 2.04. The molecule has 1 N–H and O–H groups in total. The van der Waals surface area contributed by atoms with Gasteiger partial charge in [-0.25, -0.2) is 4.98 Å². The van der Waals surface area contributed by atoms with Gasteiger partial charge in [0, 0.05) is 23.1 Å². The predicted molar refractivity (Wildman–Crippen MR) is 69.3 cm³/mol. The molecule has 1 aromatic carbocycles. The number of hydrogen-bond acceptors (Lipinski definition) is 2. The van der Waals surface area contributed by atoms with E-state index >= 15 is 0 Å². The SMILES string of the molecule is CCCc1nc(-c2ccccc2Cl)cc(=O)[nH]1. The van der Waals surface area contributed by atoms with Crippen LogP contribution in [0.3, 0.4) is 0 Å². The third-order valence-corrected chi connectivity index (χ3v) is 2.76. The van der Waals surface area contributed by atoms with E-state index in [2.05, 4.69) is 9.97 Å². The fourth-order valence-corrected chi connectivity index (χ4v) is 1.90. The number of H-pyrrole nitrogens is 1. The summed E-state index contributed by atoms with van der Waals surface area (Å²) < 4.78 is 0. The Morgan fingerprint density at radius 1 is 1.35 bits per heavy atom. The van der Waals surface area contributed by atoms with Crippen LogP contribution >= 0.6 is 11.6 Å². The lowest BCUT2D eigenvalue weighted by Crippen LogP contribution is -2.11. The number of hydrogen-bond donors (Lipinski definition) is 1. The van der Waals surface area contributed by atoms with E-state index in [9.17, 15) is 4.79 Å². The van der Waals surface area contributed by atoms with E-state index in [4.69, 9.17) is 11.6 Å². The van der Waals surface area contributed by atoms with Gasteiger partial charge in [0.1, 0.15) is 5.82 Å². The fourth-order valence-electron chi connectivity index (χ4n) is 1.67. The van der Waals surface area contributed by atoms with Crippen molar-refractivity contribution in [3.63, 3.8) is 0 Å². The van der Waals surface area contributed by atoms with Crippen LogP contribution in [0.1, 0.15) is 19.2 Å². The van der Waals surface area contributed by atoms with Gasteiger partial charge in [0.25, 0.3) is 5.56 Å². The third kappa shape index (κ3) is 2.74. The highest BCUT2D eigenvalue weighted by Gasteiger charge is 2.06. The van der Waals surface area contributed by atoms with Crippen LogP contribution in [0.25, 0.3) is 11.3 Å². The van der Waals surface area contributed by atoms with Gasteiger partial charge in [-0.2, -0.15) is 0 Å². The molecule has 0 bridgehead atoms. The molecular weight excluding hydrogens is 236 g/mol. The molecule has 0 spiro atoms. The van der Waals surface area contributed by atoms with Crippen LogP contribution in [0.4, 0.5) is 0 Å². The second kappa shape index (κ2) is 5.15. The molecule has 2 rings (SSSR count). The lowest BCUT2D eigenvalue weighted by Gasteiger charge is -2.05. The highest BCUT2D eigenvalue weighted by molar-refractivity contribution is 6.33. The number of rotatable bonds is 3. The van der Waals surface area contributed by atoms with Crippen molar-refractivity contribution >= 4 is 11.6 Å². The quantitative estimate of drug-likeness (QED) is 0.908. The average Bonchev–Trinajstić information content (AvgIpc) is 2.29. The molecule has 0 unspecified atom stereocenters. The molecule has 1 aromatic heterocycles. The van der Waals surface area contributed by atoms with Gasteiger partial charge in [-0.15, -0.1) is 0 Å². The fraction of sp³-hybridized carbons (Fsp3) is 0.231. The molecule has 0 fully saturated rings. The van der Waals surface area contributed by atoms with Gasteiger partial charge in [0.05, 0.1) is 5.69 Å². The highest BCUT2D eigenvalue weighted by atomic mass is 35.5. The first-order valence-corrected chi connectivity index (χ1v) is 5.93. The van der Waals surface area contributed by atoms with E-state index in [0.29, 0.717) is 16.5 Å². The number of aromatic amines is 1. The van der Waals surface area contributed by atoms with Crippen molar-refractivity contribution in [2.75, 3.05) is 0 Å². The number of nitrogens with zero attached hydrogens (tertiary/aromatic N) is 1. The summed E-state index contributed by atoms with van der Waals surface area (Å²) >= 11 is 6.09. The number of benzene rings is 1. The molecule has 0 aliphatic rings. The van der Waals surface area contributed by atoms with Gasteiger partial charge < -0.3 is 4.98 Å². The summed E-state index contributed by atoms with van der Waals surface area (Å²) in [5.41, 5.74) is 1.28. The summed E-state index contributed by atoms with van der Waals surface area (Å²) in [6, 6.07) is 8.86. The zero-order valence-electron chi connectivity index (χ0n) is 9.53. The summed E-state index contributed by atoms with van der Waals surface area (Å²) in [5, 5.41) is 0.605. The Balaban J connectivity index is 2.52. The van der Waals surface area contributed by atoms with E-state index in [-0.39, 0.29) is 5.56 Å².